The second-order valence-corrected chi connectivity index (χ2v) is 5.16. The molecule has 0 radical (unpaired) electrons. The number of aryl methyl sites for hydroxylation is 1. The number of nitrogens with zero attached hydrogens (tertiary/aromatic N) is 1. The molecule has 14 heavy (non-hydrogen) atoms. The summed E-state index contributed by atoms with van der Waals surface area (Å²) in [6.07, 6.45) is -0.0406. The van der Waals surface area contributed by atoms with Crippen LogP contribution in [0.3, 0.4) is 0 Å². The number of ether oxygens (including phenoxy) is 1. The van der Waals surface area contributed by atoms with E-state index in [2.05, 4.69) is 4.98 Å². The first-order valence-electron chi connectivity index (χ1n) is 4.32. The maximum Gasteiger partial charge on any atom is 0.316 e. The van der Waals surface area contributed by atoms with E-state index in [1.807, 2.05) is 26.2 Å². The minimum absolute atomic E-state index is 0.0406. The first-order chi connectivity index (χ1) is 6.58. The fourth-order valence-electron chi connectivity index (χ4n) is 0.816. The number of carbonyl (C=O) groups excluding carboxylic acids is 1. The van der Waals surface area contributed by atoms with E-state index in [4.69, 9.17) is 4.74 Å². The van der Waals surface area contributed by atoms with Gasteiger partial charge >= 0.3 is 5.97 Å². The molecule has 1 rings (SSSR count). The molecule has 3 nitrogen and oxygen atoms in total. The number of aromatic nitrogens is 1. The molecule has 0 fully saturated rings. The summed E-state index contributed by atoms with van der Waals surface area (Å²) in [5.41, 5.74) is 0.995. The zero-order valence-electron chi connectivity index (χ0n) is 8.44. The third-order valence-corrected chi connectivity index (χ3v) is 3.39. The van der Waals surface area contributed by atoms with Gasteiger partial charge in [0, 0.05) is 11.1 Å². The Bertz CT molecular complexity index is 310. The van der Waals surface area contributed by atoms with Crippen molar-refractivity contribution in [2.45, 2.75) is 31.2 Å². The Balaban J connectivity index is 2.30. The Hall–Kier alpha value is -0.550. The van der Waals surface area contributed by atoms with Crippen LogP contribution in [0.25, 0.3) is 0 Å². The van der Waals surface area contributed by atoms with Gasteiger partial charge in [-0.3, -0.25) is 4.79 Å². The van der Waals surface area contributed by atoms with Crippen molar-refractivity contribution < 1.29 is 9.53 Å². The molecule has 1 aromatic rings. The molecule has 0 bridgehead atoms. The number of thiazole rings is 1. The van der Waals surface area contributed by atoms with Crippen molar-refractivity contribution in [3.05, 3.63) is 11.1 Å². The van der Waals surface area contributed by atoms with Crippen LogP contribution in [0.1, 0.15) is 19.5 Å². The minimum atomic E-state index is -0.183. The van der Waals surface area contributed by atoms with Gasteiger partial charge in [0.2, 0.25) is 0 Å². The van der Waals surface area contributed by atoms with Crippen LogP contribution in [0.15, 0.2) is 9.72 Å². The Labute approximate surface area is 91.9 Å². The maximum atomic E-state index is 11.2. The first-order valence-corrected chi connectivity index (χ1v) is 6.19. The molecule has 0 N–H and O–H groups in total. The number of thioether (sulfide) groups is 1. The predicted molar refractivity (Wildman–Crippen MR) is 58.8 cm³/mol. The van der Waals surface area contributed by atoms with Gasteiger partial charge in [0.25, 0.3) is 0 Å². The Morgan fingerprint density at radius 1 is 1.71 bits per heavy atom. The zero-order valence-corrected chi connectivity index (χ0v) is 10.1. The summed E-state index contributed by atoms with van der Waals surface area (Å²) in [7, 11) is 0. The summed E-state index contributed by atoms with van der Waals surface area (Å²) in [6.45, 7) is 5.62. The van der Waals surface area contributed by atoms with Crippen molar-refractivity contribution in [1.82, 2.24) is 4.98 Å². The molecular formula is C9H13NO2S2. The van der Waals surface area contributed by atoms with Gasteiger partial charge < -0.3 is 4.74 Å². The van der Waals surface area contributed by atoms with E-state index in [9.17, 15) is 4.79 Å². The monoisotopic (exact) mass is 231 g/mol. The van der Waals surface area contributed by atoms with E-state index >= 15 is 0 Å². The lowest BCUT2D eigenvalue weighted by Gasteiger charge is -2.06. The molecule has 78 valence electrons. The van der Waals surface area contributed by atoms with Crippen molar-refractivity contribution >= 4 is 29.1 Å². The maximum absolute atomic E-state index is 11.2. The summed E-state index contributed by atoms with van der Waals surface area (Å²) >= 11 is 2.98. The molecule has 0 saturated heterocycles. The molecule has 0 atom stereocenters. The molecule has 0 saturated carbocycles. The highest BCUT2D eigenvalue weighted by atomic mass is 32.2. The number of hydrogen-bond acceptors (Lipinski definition) is 5. The fraction of sp³-hybridized carbons (Fsp3) is 0.556. The highest BCUT2D eigenvalue weighted by Crippen LogP contribution is 2.22. The van der Waals surface area contributed by atoms with Crippen LogP contribution in [0.2, 0.25) is 0 Å². The fourth-order valence-corrected chi connectivity index (χ4v) is 2.45. The van der Waals surface area contributed by atoms with Gasteiger partial charge in [-0.2, -0.15) is 0 Å². The van der Waals surface area contributed by atoms with E-state index in [-0.39, 0.29) is 12.1 Å². The van der Waals surface area contributed by atoms with Gasteiger partial charge in [0.1, 0.15) is 0 Å². The van der Waals surface area contributed by atoms with Crippen LogP contribution in [0.5, 0.6) is 0 Å². The van der Waals surface area contributed by atoms with Gasteiger partial charge in [-0.25, -0.2) is 4.98 Å². The number of esters is 1. The number of hydrogen-bond donors (Lipinski definition) is 0. The molecule has 0 spiro atoms. The summed E-state index contributed by atoms with van der Waals surface area (Å²) in [5, 5.41) is 1.97. The minimum Gasteiger partial charge on any atom is -0.462 e. The highest BCUT2D eigenvalue weighted by Gasteiger charge is 2.07. The third kappa shape index (κ3) is 4.11. The lowest BCUT2D eigenvalue weighted by molar-refractivity contribution is -0.144. The standard InChI is InChI=1S/C9H13NO2S2/c1-6(2)12-8(11)5-14-9-10-7(3)4-13-9/h4,6H,5H2,1-3H3. The van der Waals surface area contributed by atoms with Crippen LogP contribution in [-0.2, 0) is 9.53 Å². The average molecular weight is 231 g/mol. The Morgan fingerprint density at radius 2 is 2.43 bits per heavy atom. The lowest BCUT2D eigenvalue weighted by atomic mass is 10.5. The van der Waals surface area contributed by atoms with E-state index in [0.717, 1.165) is 10.0 Å². The van der Waals surface area contributed by atoms with Crippen molar-refractivity contribution in [3.8, 4) is 0 Å². The van der Waals surface area contributed by atoms with Crippen LogP contribution < -0.4 is 0 Å². The summed E-state index contributed by atoms with van der Waals surface area (Å²) in [6, 6.07) is 0. The highest BCUT2D eigenvalue weighted by molar-refractivity contribution is 8.01. The molecule has 0 aliphatic carbocycles. The zero-order chi connectivity index (χ0) is 10.6. The Morgan fingerprint density at radius 3 is 2.93 bits per heavy atom. The van der Waals surface area contributed by atoms with E-state index < -0.39 is 0 Å². The van der Waals surface area contributed by atoms with Crippen LogP contribution in [-0.4, -0.2) is 22.8 Å². The number of rotatable bonds is 4. The molecule has 1 heterocycles. The molecule has 0 aliphatic rings. The second kappa shape index (κ2) is 5.36. The average Bonchev–Trinajstić information content (AvgIpc) is 2.47. The normalized spacial score (nSPS) is 10.6. The van der Waals surface area contributed by atoms with Gasteiger partial charge in [0.15, 0.2) is 4.34 Å². The molecule has 5 heteroatoms. The smallest absolute Gasteiger partial charge is 0.316 e. The first kappa shape index (κ1) is 11.5. The van der Waals surface area contributed by atoms with Crippen LogP contribution >= 0.6 is 23.1 Å². The van der Waals surface area contributed by atoms with Crippen molar-refractivity contribution in [3.63, 3.8) is 0 Å². The lowest BCUT2D eigenvalue weighted by Crippen LogP contribution is -2.13. The van der Waals surface area contributed by atoms with Crippen molar-refractivity contribution in [2.75, 3.05) is 5.75 Å². The molecule has 0 unspecified atom stereocenters. The molecule has 0 aromatic carbocycles. The van der Waals surface area contributed by atoms with E-state index in [1.54, 1.807) is 11.3 Å². The van der Waals surface area contributed by atoms with Gasteiger partial charge in [0.05, 0.1) is 11.9 Å². The van der Waals surface area contributed by atoms with Crippen LogP contribution in [0, 0.1) is 6.92 Å². The predicted octanol–water partition coefficient (Wildman–Crippen LogP) is 2.50. The van der Waals surface area contributed by atoms with Crippen molar-refractivity contribution in [1.29, 1.82) is 0 Å². The second-order valence-electron chi connectivity index (χ2n) is 3.08. The summed E-state index contributed by atoms with van der Waals surface area (Å²) in [5.74, 6) is 0.156. The van der Waals surface area contributed by atoms with Crippen molar-refractivity contribution in [2.24, 2.45) is 0 Å². The summed E-state index contributed by atoms with van der Waals surface area (Å²) < 4.78 is 5.92. The molecule has 0 aliphatic heterocycles. The SMILES string of the molecule is Cc1csc(SCC(=O)OC(C)C)n1. The van der Waals surface area contributed by atoms with Gasteiger partial charge in [-0.15, -0.1) is 11.3 Å². The Kier molecular flexibility index (Phi) is 4.41. The largest absolute Gasteiger partial charge is 0.462 e. The molecular weight excluding hydrogens is 218 g/mol. The molecule has 1 aromatic heterocycles. The molecule has 0 amide bonds. The quantitative estimate of drug-likeness (QED) is 0.589. The number of carbonyl (C=O) groups is 1. The van der Waals surface area contributed by atoms with Gasteiger partial charge in [-0.1, -0.05) is 11.8 Å². The summed E-state index contributed by atoms with van der Waals surface area (Å²) in [4.78, 5) is 15.4. The van der Waals surface area contributed by atoms with Crippen LogP contribution in [0.4, 0.5) is 0 Å². The van der Waals surface area contributed by atoms with E-state index in [0.29, 0.717) is 5.75 Å². The third-order valence-electron chi connectivity index (χ3n) is 1.28. The van der Waals surface area contributed by atoms with E-state index in [1.165, 1.54) is 11.8 Å². The van der Waals surface area contributed by atoms with Gasteiger partial charge in [-0.05, 0) is 20.8 Å². The topological polar surface area (TPSA) is 39.2 Å².